The fraction of sp³-hybridized carbons (Fsp3) is 0.211. The van der Waals surface area contributed by atoms with Crippen LogP contribution in [0.15, 0.2) is 55.2 Å². The highest BCUT2D eigenvalue weighted by Gasteiger charge is 2.12. The minimum atomic E-state index is -0.244. The number of aromatic nitrogens is 3. The summed E-state index contributed by atoms with van der Waals surface area (Å²) in [5.41, 5.74) is 1.08. The van der Waals surface area contributed by atoms with Gasteiger partial charge in [0.15, 0.2) is 11.5 Å². The predicted octanol–water partition coefficient (Wildman–Crippen LogP) is 3.32. The zero-order chi connectivity index (χ0) is 18.4. The van der Waals surface area contributed by atoms with E-state index in [2.05, 4.69) is 15.3 Å². The molecule has 0 aliphatic heterocycles. The smallest absolute Gasteiger partial charge is 0.255 e. The zero-order valence-electron chi connectivity index (χ0n) is 14.7. The Hall–Kier alpha value is -3.35. The molecule has 7 nitrogen and oxygen atoms in total. The van der Waals surface area contributed by atoms with Crippen molar-refractivity contribution in [3.05, 3.63) is 60.8 Å². The highest BCUT2D eigenvalue weighted by atomic mass is 16.5. The topological polar surface area (TPSA) is 78.3 Å². The summed E-state index contributed by atoms with van der Waals surface area (Å²) in [6.07, 6.45) is 6.75. The van der Waals surface area contributed by atoms with Gasteiger partial charge in [-0.3, -0.25) is 9.36 Å². The summed E-state index contributed by atoms with van der Waals surface area (Å²) in [6, 6.07) is 8.72. The number of carbonyl (C=O) groups is 1. The molecule has 0 aliphatic rings. The SMILES string of the molecule is CCOc1ccc(C(=O)Nc2ccc(-n3ccnc3)nc2)cc1OCC. The molecule has 0 aliphatic carbocycles. The number of nitrogens with one attached hydrogen (secondary N) is 1. The van der Waals surface area contributed by atoms with Gasteiger partial charge >= 0.3 is 0 Å². The van der Waals surface area contributed by atoms with Crippen molar-refractivity contribution in [2.24, 2.45) is 0 Å². The van der Waals surface area contributed by atoms with Gasteiger partial charge in [-0.2, -0.15) is 0 Å². The molecular weight excluding hydrogens is 332 g/mol. The van der Waals surface area contributed by atoms with Gasteiger partial charge in [-0.25, -0.2) is 9.97 Å². The van der Waals surface area contributed by atoms with Gasteiger partial charge in [-0.05, 0) is 44.2 Å². The van der Waals surface area contributed by atoms with Gasteiger partial charge in [0.1, 0.15) is 12.1 Å². The van der Waals surface area contributed by atoms with E-state index in [0.717, 1.165) is 5.82 Å². The lowest BCUT2D eigenvalue weighted by atomic mass is 10.2. The van der Waals surface area contributed by atoms with Crippen LogP contribution in [0.2, 0.25) is 0 Å². The third-order valence-electron chi connectivity index (χ3n) is 3.58. The first kappa shape index (κ1) is 17.5. The van der Waals surface area contributed by atoms with Gasteiger partial charge in [0.25, 0.3) is 5.91 Å². The van der Waals surface area contributed by atoms with E-state index < -0.39 is 0 Å². The van der Waals surface area contributed by atoms with E-state index in [-0.39, 0.29) is 5.91 Å². The van der Waals surface area contributed by atoms with E-state index in [1.165, 1.54) is 0 Å². The Morgan fingerprint density at radius 2 is 1.92 bits per heavy atom. The van der Waals surface area contributed by atoms with Crippen LogP contribution >= 0.6 is 0 Å². The number of ether oxygens (including phenoxy) is 2. The van der Waals surface area contributed by atoms with Crippen LogP contribution in [0, 0.1) is 0 Å². The Morgan fingerprint density at radius 3 is 2.58 bits per heavy atom. The third kappa shape index (κ3) is 4.00. The standard InChI is InChI=1S/C19H20N4O3/c1-3-25-16-7-5-14(11-17(16)26-4-2)19(24)22-15-6-8-18(21-12-15)23-10-9-20-13-23/h5-13H,3-4H2,1-2H3,(H,22,24). The van der Waals surface area contributed by atoms with Crippen molar-refractivity contribution in [1.82, 2.24) is 14.5 Å². The molecule has 3 aromatic rings. The van der Waals surface area contributed by atoms with Crippen LogP contribution in [0.5, 0.6) is 11.5 Å². The molecular formula is C19H20N4O3. The molecule has 0 bridgehead atoms. The van der Waals surface area contributed by atoms with Crippen molar-refractivity contribution >= 4 is 11.6 Å². The van der Waals surface area contributed by atoms with Gasteiger partial charge in [-0.1, -0.05) is 0 Å². The molecule has 7 heteroatoms. The second-order valence-electron chi connectivity index (χ2n) is 5.36. The maximum Gasteiger partial charge on any atom is 0.255 e. The molecule has 26 heavy (non-hydrogen) atoms. The lowest BCUT2D eigenvalue weighted by molar-refractivity contribution is 0.102. The van der Waals surface area contributed by atoms with E-state index >= 15 is 0 Å². The quantitative estimate of drug-likeness (QED) is 0.706. The summed E-state index contributed by atoms with van der Waals surface area (Å²) in [6.45, 7) is 4.80. The molecule has 2 aromatic heterocycles. The molecule has 134 valence electrons. The van der Waals surface area contributed by atoms with Crippen LogP contribution in [-0.2, 0) is 0 Å². The molecule has 0 radical (unpaired) electrons. The van der Waals surface area contributed by atoms with Gasteiger partial charge in [-0.15, -0.1) is 0 Å². The normalized spacial score (nSPS) is 10.4. The molecule has 0 fully saturated rings. The minimum Gasteiger partial charge on any atom is -0.490 e. The Kier molecular flexibility index (Phi) is 5.48. The summed E-state index contributed by atoms with van der Waals surface area (Å²) in [7, 11) is 0. The number of imidazole rings is 1. The van der Waals surface area contributed by atoms with Crippen molar-refractivity contribution in [3.8, 4) is 17.3 Å². The number of pyridine rings is 1. The van der Waals surface area contributed by atoms with E-state index in [1.54, 1.807) is 59.8 Å². The van der Waals surface area contributed by atoms with E-state index in [9.17, 15) is 4.79 Å². The monoisotopic (exact) mass is 352 g/mol. The lowest BCUT2D eigenvalue weighted by Crippen LogP contribution is -2.13. The molecule has 0 saturated carbocycles. The summed E-state index contributed by atoms with van der Waals surface area (Å²) < 4.78 is 12.9. The number of benzene rings is 1. The molecule has 1 amide bonds. The number of hydrogen-bond acceptors (Lipinski definition) is 5. The molecule has 1 N–H and O–H groups in total. The minimum absolute atomic E-state index is 0.244. The fourth-order valence-corrected chi connectivity index (χ4v) is 2.40. The van der Waals surface area contributed by atoms with Crippen molar-refractivity contribution in [2.45, 2.75) is 13.8 Å². The first-order chi connectivity index (χ1) is 12.7. The second kappa shape index (κ2) is 8.15. The van der Waals surface area contributed by atoms with Crippen molar-refractivity contribution in [1.29, 1.82) is 0 Å². The number of hydrogen-bond donors (Lipinski definition) is 1. The number of amides is 1. The van der Waals surface area contributed by atoms with E-state index in [1.807, 2.05) is 13.8 Å². The number of carbonyl (C=O) groups excluding carboxylic acids is 1. The van der Waals surface area contributed by atoms with Crippen molar-refractivity contribution in [3.63, 3.8) is 0 Å². The van der Waals surface area contributed by atoms with Crippen LogP contribution in [0.25, 0.3) is 5.82 Å². The molecule has 3 rings (SSSR count). The first-order valence-corrected chi connectivity index (χ1v) is 8.36. The van der Waals surface area contributed by atoms with Gasteiger partial charge in [0.2, 0.25) is 0 Å². The van der Waals surface area contributed by atoms with Crippen molar-refractivity contribution in [2.75, 3.05) is 18.5 Å². The second-order valence-corrected chi connectivity index (χ2v) is 5.36. The van der Waals surface area contributed by atoms with Crippen LogP contribution in [-0.4, -0.2) is 33.7 Å². The maximum absolute atomic E-state index is 12.5. The summed E-state index contributed by atoms with van der Waals surface area (Å²) >= 11 is 0. The summed E-state index contributed by atoms with van der Waals surface area (Å²) in [4.78, 5) is 20.8. The van der Waals surface area contributed by atoms with Gasteiger partial charge in [0.05, 0.1) is 25.1 Å². The zero-order valence-corrected chi connectivity index (χ0v) is 14.7. The molecule has 0 saturated heterocycles. The highest BCUT2D eigenvalue weighted by Crippen LogP contribution is 2.28. The average molecular weight is 352 g/mol. The molecule has 1 aromatic carbocycles. The lowest BCUT2D eigenvalue weighted by Gasteiger charge is -2.12. The number of anilines is 1. The van der Waals surface area contributed by atoms with E-state index in [0.29, 0.717) is 36.0 Å². The van der Waals surface area contributed by atoms with Crippen LogP contribution in [0.4, 0.5) is 5.69 Å². The predicted molar refractivity (Wildman–Crippen MR) is 98.1 cm³/mol. The Labute approximate surface area is 151 Å². The first-order valence-electron chi connectivity index (χ1n) is 8.36. The van der Waals surface area contributed by atoms with Crippen LogP contribution < -0.4 is 14.8 Å². The molecule has 2 heterocycles. The Bertz CT molecular complexity index is 861. The molecule has 0 spiro atoms. The molecule has 0 atom stereocenters. The average Bonchev–Trinajstić information content (AvgIpc) is 3.19. The highest BCUT2D eigenvalue weighted by molar-refractivity contribution is 6.04. The van der Waals surface area contributed by atoms with Crippen LogP contribution in [0.1, 0.15) is 24.2 Å². The van der Waals surface area contributed by atoms with Gasteiger partial charge < -0.3 is 14.8 Å². The fourth-order valence-electron chi connectivity index (χ4n) is 2.40. The van der Waals surface area contributed by atoms with Crippen molar-refractivity contribution < 1.29 is 14.3 Å². The Morgan fingerprint density at radius 1 is 1.12 bits per heavy atom. The maximum atomic E-state index is 12.5. The number of rotatable bonds is 7. The van der Waals surface area contributed by atoms with Crippen LogP contribution in [0.3, 0.4) is 0 Å². The largest absolute Gasteiger partial charge is 0.490 e. The van der Waals surface area contributed by atoms with Gasteiger partial charge in [0, 0.05) is 18.0 Å². The third-order valence-corrected chi connectivity index (χ3v) is 3.58. The number of nitrogens with zero attached hydrogens (tertiary/aromatic N) is 3. The molecule has 0 unspecified atom stereocenters. The van der Waals surface area contributed by atoms with E-state index in [4.69, 9.17) is 9.47 Å². The Balaban J connectivity index is 1.74. The summed E-state index contributed by atoms with van der Waals surface area (Å²) in [5.74, 6) is 1.65. The summed E-state index contributed by atoms with van der Waals surface area (Å²) in [5, 5.41) is 2.83.